The van der Waals surface area contributed by atoms with Crippen LogP contribution in [0.25, 0.3) is 16.9 Å². The van der Waals surface area contributed by atoms with E-state index in [9.17, 15) is 10.1 Å². The lowest BCUT2D eigenvalue weighted by atomic mass is 10.1. The molecule has 8 heteroatoms. The highest BCUT2D eigenvalue weighted by Crippen LogP contribution is 2.26. The van der Waals surface area contributed by atoms with E-state index in [2.05, 4.69) is 4.98 Å². The SMILES string of the molecule is O=[N+]([O-])c1cn(Cc2cn(-c3ccccc3)nc2-c2ccc(Cl)cc2)cn1. The predicted molar refractivity (Wildman–Crippen MR) is 102 cm³/mol. The third-order valence-corrected chi connectivity index (χ3v) is 4.34. The molecule has 134 valence electrons. The first-order valence-corrected chi connectivity index (χ1v) is 8.54. The zero-order chi connectivity index (χ0) is 18.8. The van der Waals surface area contributed by atoms with E-state index in [1.54, 1.807) is 9.25 Å². The van der Waals surface area contributed by atoms with Crippen molar-refractivity contribution in [3.05, 3.63) is 94.0 Å². The van der Waals surface area contributed by atoms with Crippen molar-refractivity contribution in [2.24, 2.45) is 0 Å². The number of hydrogen-bond donors (Lipinski definition) is 0. The molecule has 4 rings (SSSR count). The van der Waals surface area contributed by atoms with E-state index in [1.807, 2.05) is 60.8 Å². The number of rotatable bonds is 5. The summed E-state index contributed by atoms with van der Waals surface area (Å²) >= 11 is 6.00. The topological polar surface area (TPSA) is 78.8 Å². The summed E-state index contributed by atoms with van der Waals surface area (Å²) in [6, 6.07) is 17.2. The Balaban J connectivity index is 1.76. The molecule has 0 bridgehead atoms. The fourth-order valence-corrected chi connectivity index (χ4v) is 2.94. The van der Waals surface area contributed by atoms with Crippen LogP contribution in [0.5, 0.6) is 0 Å². The number of para-hydroxylation sites is 1. The van der Waals surface area contributed by atoms with Crippen LogP contribution < -0.4 is 0 Å². The fraction of sp³-hybridized carbons (Fsp3) is 0.0526. The summed E-state index contributed by atoms with van der Waals surface area (Å²) in [4.78, 5) is 14.2. The number of nitro groups is 1. The normalized spacial score (nSPS) is 10.9. The molecule has 0 radical (unpaired) electrons. The van der Waals surface area contributed by atoms with E-state index in [-0.39, 0.29) is 5.82 Å². The van der Waals surface area contributed by atoms with Crippen LogP contribution in [-0.4, -0.2) is 24.3 Å². The quantitative estimate of drug-likeness (QED) is 0.381. The van der Waals surface area contributed by atoms with Gasteiger partial charge in [-0.25, -0.2) is 4.68 Å². The number of imidazole rings is 1. The van der Waals surface area contributed by atoms with Crippen molar-refractivity contribution >= 4 is 17.4 Å². The lowest BCUT2D eigenvalue weighted by molar-refractivity contribution is -0.389. The van der Waals surface area contributed by atoms with Gasteiger partial charge in [-0.2, -0.15) is 5.10 Å². The Morgan fingerprint density at radius 3 is 2.44 bits per heavy atom. The van der Waals surface area contributed by atoms with E-state index in [0.717, 1.165) is 22.5 Å². The molecule has 0 saturated heterocycles. The first-order valence-electron chi connectivity index (χ1n) is 8.16. The average Bonchev–Trinajstić information content (AvgIpc) is 3.31. The molecule has 2 aromatic carbocycles. The molecule has 0 aliphatic rings. The van der Waals surface area contributed by atoms with Gasteiger partial charge in [0.2, 0.25) is 6.33 Å². The van der Waals surface area contributed by atoms with Crippen molar-refractivity contribution in [2.45, 2.75) is 6.54 Å². The Kier molecular flexibility index (Phi) is 4.43. The Hall–Kier alpha value is -3.45. The second-order valence-electron chi connectivity index (χ2n) is 5.95. The fourth-order valence-electron chi connectivity index (χ4n) is 2.81. The van der Waals surface area contributed by atoms with E-state index in [1.165, 1.54) is 12.5 Å². The van der Waals surface area contributed by atoms with Gasteiger partial charge >= 0.3 is 5.82 Å². The number of nitrogens with zero attached hydrogens (tertiary/aromatic N) is 5. The molecule has 2 aromatic heterocycles. The molecule has 27 heavy (non-hydrogen) atoms. The van der Waals surface area contributed by atoms with Gasteiger partial charge in [-0.3, -0.25) is 0 Å². The Labute approximate surface area is 159 Å². The van der Waals surface area contributed by atoms with Gasteiger partial charge in [-0.05, 0) is 34.2 Å². The summed E-state index contributed by atoms with van der Waals surface area (Å²) in [7, 11) is 0. The molecule has 0 amide bonds. The van der Waals surface area contributed by atoms with Crippen LogP contribution in [-0.2, 0) is 6.54 Å². The number of aromatic nitrogens is 4. The van der Waals surface area contributed by atoms with Gasteiger partial charge in [0, 0.05) is 22.3 Å². The van der Waals surface area contributed by atoms with Crippen molar-refractivity contribution in [1.82, 2.24) is 19.3 Å². The molecule has 0 aliphatic heterocycles. The van der Waals surface area contributed by atoms with E-state index >= 15 is 0 Å². The summed E-state index contributed by atoms with van der Waals surface area (Å²) < 4.78 is 3.47. The van der Waals surface area contributed by atoms with Gasteiger partial charge in [0.15, 0.2) is 0 Å². The predicted octanol–water partition coefficient (Wildman–Crippen LogP) is 4.35. The number of hydrogen-bond acceptors (Lipinski definition) is 4. The lowest BCUT2D eigenvalue weighted by Gasteiger charge is -2.03. The first kappa shape index (κ1) is 17.0. The summed E-state index contributed by atoms with van der Waals surface area (Å²) in [5, 5.41) is 16.2. The highest BCUT2D eigenvalue weighted by atomic mass is 35.5. The third kappa shape index (κ3) is 3.58. The van der Waals surface area contributed by atoms with Crippen LogP contribution in [0.2, 0.25) is 5.02 Å². The second-order valence-corrected chi connectivity index (χ2v) is 6.39. The number of benzene rings is 2. The van der Waals surface area contributed by atoms with E-state index in [4.69, 9.17) is 16.7 Å². The van der Waals surface area contributed by atoms with Crippen molar-refractivity contribution in [1.29, 1.82) is 0 Å². The minimum Gasteiger partial charge on any atom is -0.358 e. The highest BCUT2D eigenvalue weighted by Gasteiger charge is 2.16. The maximum Gasteiger partial charge on any atom is 0.381 e. The summed E-state index contributed by atoms with van der Waals surface area (Å²) in [5.74, 6) is -0.182. The van der Waals surface area contributed by atoms with E-state index in [0.29, 0.717) is 11.6 Å². The minimum atomic E-state index is -0.510. The Bertz CT molecular complexity index is 1090. The summed E-state index contributed by atoms with van der Waals surface area (Å²) in [6.07, 6.45) is 4.78. The van der Waals surface area contributed by atoms with Gasteiger partial charge in [0.1, 0.15) is 6.20 Å². The largest absolute Gasteiger partial charge is 0.381 e. The van der Waals surface area contributed by atoms with Crippen LogP contribution in [0.1, 0.15) is 5.56 Å². The standard InChI is InChI=1S/C19H14ClN5O2/c20-16-8-6-14(7-9-16)19-15(10-23-12-18(21-13-23)25(26)27)11-24(22-19)17-4-2-1-3-5-17/h1-9,11-13H,10H2. The summed E-state index contributed by atoms with van der Waals surface area (Å²) in [6.45, 7) is 0.408. The molecule has 2 heterocycles. The smallest absolute Gasteiger partial charge is 0.358 e. The molecule has 0 saturated carbocycles. The molecule has 4 aromatic rings. The van der Waals surface area contributed by atoms with Gasteiger partial charge in [-0.1, -0.05) is 41.9 Å². The van der Waals surface area contributed by atoms with Crippen molar-refractivity contribution in [3.63, 3.8) is 0 Å². The van der Waals surface area contributed by atoms with Crippen LogP contribution in [0.15, 0.2) is 73.3 Å². The van der Waals surface area contributed by atoms with Crippen LogP contribution in [0.4, 0.5) is 5.82 Å². The zero-order valence-electron chi connectivity index (χ0n) is 14.1. The molecule has 0 spiro atoms. The first-order chi connectivity index (χ1) is 13.1. The van der Waals surface area contributed by atoms with Crippen LogP contribution in [0, 0.1) is 10.1 Å². The van der Waals surface area contributed by atoms with Crippen LogP contribution >= 0.6 is 11.6 Å². The zero-order valence-corrected chi connectivity index (χ0v) is 14.8. The van der Waals surface area contributed by atoms with E-state index < -0.39 is 4.92 Å². The molecular formula is C19H14ClN5O2. The maximum absolute atomic E-state index is 10.9. The third-order valence-electron chi connectivity index (χ3n) is 4.09. The number of halogens is 1. The van der Waals surface area contributed by atoms with Crippen molar-refractivity contribution in [3.8, 4) is 16.9 Å². The molecule has 0 aliphatic carbocycles. The minimum absolute atomic E-state index is 0.182. The van der Waals surface area contributed by atoms with Gasteiger partial charge in [0.25, 0.3) is 0 Å². The molecule has 0 unspecified atom stereocenters. The summed E-state index contributed by atoms with van der Waals surface area (Å²) in [5.41, 5.74) is 3.54. The molecule has 0 fully saturated rings. The van der Waals surface area contributed by atoms with Gasteiger partial charge in [-0.15, -0.1) is 0 Å². The molecular weight excluding hydrogens is 366 g/mol. The van der Waals surface area contributed by atoms with Crippen LogP contribution in [0.3, 0.4) is 0 Å². The van der Waals surface area contributed by atoms with Crippen molar-refractivity contribution in [2.75, 3.05) is 0 Å². The van der Waals surface area contributed by atoms with Gasteiger partial charge in [0.05, 0.1) is 17.9 Å². The second kappa shape index (κ2) is 7.05. The van der Waals surface area contributed by atoms with Gasteiger partial charge < -0.3 is 14.7 Å². The lowest BCUT2D eigenvalue weighted by Crippen LogP contribution is -1.97. The van der Waals surface area contributed by atoms with Crippen molar-refractivity contribution < 1.29 is 4.92 Å². The Morgan fingerprint density at radius 1 is 1.04 bits per heavy atom. The molecule has 7 nitrogen and oxygen atoms in total. The highest BCUT2D eigenvalue weighted by molar-refractivity contribution is 6.30. The molecule has 0 atom stereocenters. The average molecular weight is 380 g/mol. The monoisotopic (exact) mass is 379 g/mol. The maximum atomic E-state index is 10.9. The Morgan fingerprint density at radius 2 is 1.78 bits per heavy atom. The molecule has 0 N–H and O–H groups in total.